The Morgan fingerprint density at radius 3 is 2.68 bits per heavy atom. The van der Waals surface area contributed by atoms with Crippen molar-refractivity contribution in [2.24, 2.45) is 0 Å². The van der Waals surface area contributed by atoms with Gasteiger partial charge in [0.15, 0.2) is 5.76 Å². The number of anilines is 2. The van der Waals surface area contributed by atoms with Crippen molar-refractivity contribution >= 4 is 29.9 Å². The van der Waals surface area contributed by atoms with Crippen molar-refractivity contribution in [3.63, 3.8) is 0 Å². The van der Waals surface area contributed by atoms with Crippen LogP contribution in [0.25, 0.3) is 11.5 Å². The summed E-state index contributed by atoms with van der Waals surface area (Å²) in [4.78, 5) is 20.4. The molecule has 0 aliphatic carbocycles. The van der Waals surface area contributed by atoms with Gasteiger partial charge in [-0.25, -0.2) is 9.97 Å². The minimum Gasteiger partial charge on any atom is -0.463 e. The number of amides is 1. The third-order valence-corrected chi connectivity index (χ3v) is 3.54. The fourth-order valence-electron chi connectivity index (χ4n) is 2.25. The van der Waals surface area contributed by atoms with Gasteiger partial charge in [0.25, 0.3) is 5.91 Å². The van der Waals surface area contributed by atoms with Crippen LogP contribution in [0.4, 0.5) is 11.6 Å². The van der Waals surface area contributed by atoms with Crippen molar-refractivity contribution in [1.29, 1.82) is 0 Å². The summed E-state index contributed by atoms with van der Waals surface area (Å²) in [5, 5.41) is 2.81. The average Bonchev–Trinajstić information content (AvgIpc) is 3.09. The Bertz CT molecular complexity index is 881. The summed E-state index contributed by atoms with van der Waals surface area (Å²) >= 11 is 0. The van der Waals surface area contributed by atoms with Gasteiger partial charge >= 0.3 is 0 Å². The van der Waals surface area contributed by atoms with Crippen LogP contribution < -0.4 is 16.8 Å². The maximum Gasteiger partial charge on any atom is 0.270 e. The fourth-order valence-corrected chi connectivity index (χ4v) is 2.25. The van der Waals surface area contributed by atoms with Crippen LogP contribution in [0.1, 0.15) is 21.6 Å². The van der Waals surface area contributed by atoms with Crippen molar-refractivity contribution in [3.8, 4) is 11.5 Å². The Hall–Kier alpha value is -3.06. The first-order chi connectivity index (χ1) is 11.5. The number of aryl methyl sites for hydroxylation is 1. The lowest BCUT2D eigenvalue weighted by atomic mass is 10.1. The first-order valence-corrected chi connectivity index (χ1v) is 7.34. The molecule has 2 heterocycles. The summed E-state index contributed by atoms with van der Waals surface area (Å²) in [6.45, 7) is 2.28. The molecule has 3 aromatic rings. The van der Waals surface area contributed by atoms with E-state index in [0.29, 0.717) is 18.0 Å². The molecule has 3 rings (SSSR count). The number of halogens is 1. The molecule has 0 atom stereocenters. The SMILES string of the molecule is Cc1cc(CNC(=O)c2cc(-c3ccco3)nc(N)n2)ccc1N.Cl. The smallest absolute Gasteiger partial charge is 0.270 e. The highest BCUT2D eigenvalue weighted by Crippen LogP contribution is 2.19. The zero-order valence-electron chi connectivity index (χ0n) is 13.5. The Labute approximate surface area is 150 Å². The number of hydrogen-bond donors (Lipinski definition) is 3. The number of aromatic nitrogens is 2. The van der Waals surface area contributed by atoms with Gasteiger partial charge in [0.1, 0.15) is 11.4 Å². The fraction of sp³-hybridized carbons (Fsp3) is 0.118. The summed E-state index contributed by atoms with van der Waals surface area (Å²) < 4.78 is 5.27. The van der Waals surface area contributed by atoms with Crippen molar-refractivity contribution in [2.45, 2.75) is 13.5 Å². The van der Waals surface area contributed by atoms with Crippen molar-refractivity contribution in [3.05, 3.63) is 59.5 Å². The number of benzene rings is 1. The number of carbonyl (C=O) groups excluding carboxylic acids is 1. The van der Waals surface area contributed by atoms with E-state index in [0.717, 1.165) is 16.8 Å². The van der Waals surface area contributed by atoms with E-state index in [-0.39, 0.29) is 30.0 Å². The monoisotopic (exact) mass is 359 g/mol. The van der Waals surface area contributed by atoms with Crippen LogP contribution in [0, 0.1) is 6.92 Å². The second-order valence-electron chi connectivity index (χ2n) is 5.35. The summed E-state index contributed by atoms with van der Waals surface area (Å²) in [7, 11) is 0. The van der Waals surface area contributed by atoms with E-state index in [1.54, 1.807) is 18.2 Å². The van der Waals surface area contributed by atoms with E-state index in [1.165, 1.54) is 6.26 Å². The summed E-state index contributed by atoms with van der Waals surface area (Å²) in [5.41, 5.74) is 14.8. The second-order valence-corrected chi connectivity index (χ2v) is 5.35. The lowest BCUT2D eigenvalue weighted by molar-refractivity contribution is 0.0946. The van der Waals surface area contributed by atoms with E-state index in [4.69, 9.17) is 15.9 Å². The first-order valence-electron chi connectivity index (χ1n) is 7.34. The van der Waals surface area contributed by atoms with Gasteiger partial charge in [-0.15, -0.1) is 12.4 Å². The van der Waals surface area contributed by atoms with Crippen LogP contribution in [-0.4, -0.2) is 15.9 Å². The number of nitrogens with one attached hydrogen (secondary N) is 1. The minimum atomic E-state index is -0.341. The Morgan fingerprint density at radius 2 is 2.00 bits per heavy atom. The average molecular weight is 360 g/mol. The maximum atomic E-state index is 12.3. The van der Waals surface area contributed by atoms with E-state index in [1.807, 2.05) is 25.1 Å². The van der Waals surface area contributed by atoms with Gasteiger partial charge in [-0.05, 0) is 42.3 Å². The number of hydrogen-bond acceptors (Lipinski definition) is 6. The molecule has 0 saturated carbocycles. The predicted molar refractivity (Wildman–Crippen MR) is 98.2 cm³/mol. The van der Waals surface area contributed by atoms with Crippen LogP contribution in [0.15, 0.2) is 47.1 Å². The van der Waals surface area contributed by atoms with E-state index in [2.05, 4.69) is 15.3 Å². The molecular formula is C17H18ClN5O2. The molecule has 5 N–H and O–H groups in total. The topological polar surface area (TPSA) is 120 Å². The maximum absolute atomic E-state index is 12.3. The molecule has 8 heteroatoms. The van der Waals surface area contributed by atoms with Gasteiger partial charge in [-0.2, -0.15) is 0 Å². The second kappa shape index (κ2) is 7.67. The van der Waals surface area contributed by atoms with Gasteiger partial charge in [0, 0.05) is 12.2 Å². The molecule has 2 aromatic heterocycles. The van der Waals surface area contributed by atoms with Crippen molar-refractivity contribution in [1.82, 2.24) is 15.3 Å². The van der Waals surface area contributed by atoms with Crippen molar-refractivity contribution < 1.29 is 9.21 Å². The minimum absolute atomic E-state index is 0. The largest absolute Gasteiger partial charge is 0.463 e. The third-order valence-electron chi connectivity index (χ3n) is 3.54. The highest BCUT2D eigenvalue weighted by molar-refractivity contribution is 5.93. The molecule has 7 nitrogen and oxygen atoms in total. The van der Waals surface area contributed by atoms with Crippen LogP contribution in [0.3, 0.4) is 0 Å². The Morgan fingerprint density at radius 1 is 1.20 bits per heavy atom. The molecule has 1 amide bonds. The zero-order chi connectivity index (χ0) is 17.1. The molecular weight excluding hydrogens is 342 g/mol. The van der Waals surface area contributed by atoms with Crippen LogP contribution >= 0.6 is 12.4 Å². The molecule has 0 aliphatic rings. The van der Waals surface area contributed by atoms with Gasteiger partial charge in [-0.3, -0.25) is 4.79 Å². The quantitative estimate of drug-likeness (QED) is 0.616. The molecule has 25 heavy (non-hydrogen) atoms. The van der Waals surface area contributed by atoms with E-state index < -0.39 is 0 Å². The van der Waals surface area contributed by atoms with Crippen LogP contribution in [0.2, 0.25) is 0 Å². The lowest BCUT2D eigenvalue weighted by Gasteiger charge is -2.08. The number of carbonyl (C=O) groups is 1. The number of rotatable bonds is 4. The van der Waals surface area contributed by atoms with Gasteiger partial charge in [0.2, 0.25) is 5.95 Å². The van der Waals surface area contributed by atoms with E-state index >= 15 is 0 Å². The Kier molecular flexibility index (Phi) is 5.61. The molecule has 0 spiro atoms. The number of furan rings is 1. The summed E-state index contributed by atoms with van der Waals surface area (Å²) in [5.74, 6) is 0.191. The highest BCUT2D eigenvalue weighted by atomic mass is 35.5. The molecule has 130 valence electrons. The molecule has 0 bridgehead atoms. The van der Waals surface area contributed by atoms with E-state index in [9.17, 15) is 4.79 Å². The number of nitrogens with zero attached hydrogens (tertiary/aromatic N) is 2. The van der Waals surface area contributed by atoms with Crippen LogP contribution in [-0.2, 0) is 6.54 Å². The highest BCUT2D eigenvalue weighted by Gasteiger charge is 2.13. The normalized spacial score (nSPS) is 10.1. The van der Waals surface area contributed by atoms with Crippen molar-refractivity contribution in [2.75, 3.05) is 11.5 Å². The first kappa shape index (κ1) is 18.3. The number of nitrogen functional groups attached to an aromatic ring is 2. The van der Waals surface area contributed by atoms with Gasteiger partial charge in [-0.1, -0.05) is 12.1 Å². The zero-order valence-corrected chi connectivity index (χ0v) is 14.3. The lowest BCUT2D eigenvalue weighted by Crippen LogP contribution is -2.24. The molecule has 0 radical (unpaired) electrons. The van der Waals surface area contributed by atoms with Gasteiger partial charge in [0.05, 0.1) is 6.26 Å². The van der Waals surface area contributed by atoms with Gasteiger partial charge < -0.3 is 21.2 Å². The molecule has 0 fully saturated rings. The molecule has 0 saturated heterocycles. The predicted octanol–water partition coefficient (Wildman–Crippen LogP) is 2.56. The third kappa shape index (κ3) is 4.27. The Balaban J connectivity index is 0.00000225. The van der Waals surface area contributed by atoms with Crippen LogP contribution in [0.5, 0.6) is 0 Å². The summed E-state index contributed by atoms with van der Waals surface area (Å²) in [6, 6.07) is 10.6. The standard InChI is InChI=1S/C17H17N5O2.ClH/c1-10-7-11(4-5-12(10)18)9-20-16(23)14-8-13(21-17(19)22-14)15-3-2-6-24-15;/h2-8H,9,18H2,1H3,(H,20,23)(H2,19,21,22);1H. The summed E-state index contributed by atoms with van der Waals surface area (Å²) in [6.07, 6.45) is 1.52. The number of nitrogens with two attached hydrogens (primary N) is 2. The molecule has 0 aliphatic heterocycles. The molecule has 0 unspecified atom stereocenters. The molecule has 1 aromatic carbocycles.